The summed E-state index contributed by atoms with van der Waals surface area (Å²) < 4.78 is 9.61. The van der Waals surface area contributed by atoms with Crippen molar-refractivity contribution in [3.63, 3.8) is 0 Å². The molecule has 5 nitrogen and oxygen atoms in total. The first-order valence-electron chi connectivity index (χ1n) is 5.15. The molecule has 0 heterocycles. The van der Waals surface area contributed by atoms with Gasteiger partial charge in [0.05, 0.1) is 7.11 Å². The summed E-state index contributed by atoms with van der Waals surface area (Å²) in [6.45, 7) is 1.69. The quantitative estimate of drug-likeness (QED) is 0.764. The highest BCUT2D eigenvalue weighted by molar-refractivity contribution is 5.82. The number of amides is 1. The van der Waals surface area contributed by atoms with Gasteiger partial charge in [-0.1, -0.05) is 17.7 Å². The number of ether oxygens (including phenoxy) is 2. The third-order valence-corrected chi connectivity index (χ3v) is 2.05. The maximum absolute atomic E-state index is 11.3. The zero-order valence-corrected chi connectivity index (χ0v) is 9.86. The van der Waals surface area contributed by atoms with Crippen molar-refractivity contribution in [2.24, 2.45) is 0 Å². The Hall–Kier alpha value is -2.04. The molecule has 92 valence electrons. The van der Waals surface area contributed by atoms with Crippen LogP contribution in [0.3, 0.4) is 0 Å². The molecular formula is C12H15NO4. The van der Waals surface area contributed by atoms with Gasteiger partial charge in [0.15, 0.2) is 6.61 Å². The Bertz CT molecular complexity index is 386. The molecule has 1 rings (SSSR count). The number of methoxy groups -OCH3 is 1. The van der Waals surface area contributed by atoms with Crippen LogP contribution in [0.4, 0.5) is 0 Å². The molecule has 5 heteroatoms. The minimum absolute atomic E-state index is 0.125. The summed E-state index contributed by atoms with van der Waals surface area (Å²) in [7, 11) is 1.26. The van der Waals surface area contributed by atoms with E-state index in [0.717, 1.165) is 5.56 Å². The van der Waals surface area contributed by atoms with Gasteiger partial charge in [-0.3, -0.25) is 9.59 Å². The van der Waals surface area contributed by atoms with Crippen LogP contribution in [-0.4, -0.2) is 32.1 Å². The van der Waals surface area contributed by atoms with E-state index in [1.165, 1.54) is 7.11 Å². The van der Waals surface area contributed by atoms with Gasteiger partial charge in [0.25, 0.3) is 5.91 Å². The topological polar surface area (TPSA) is 64.6 Å². The lowest BCUT2D eigenvalue weighted by Gasteiger charge is -2.06. The number of benzene rings is 1. The summed E-state index contributed by atoms with van der Waals surface area (Å²) in [5.41, 5.74) is 1.12. The van der Waals surface area contributed by atoms with Crippen LogP contribution < -0.4 is 10.1 Å². The predicted molar refractivity (Wildman–Crippen MR) is 61.7 cm³/mol. The van der Waals surface area contributed by atoms with E-state index >= 15 is 0 Å². The van der Waals surface area contributed by atoms with Gasteiger partial charge in [-0.25, -0.2) is 0 Å². The molecule has 1 aromatic rings. The van der Waals surface area contributed by atoms with Crippen molar-refractivity contribution in [2.75, 3.05) is 20.3 Å². The largest absolute Gasteiger partial charge is 0.484 e. The normalized spacial score (nSPS) is 9.53. The van der Waals surface area contributed by atoms with Gasteiger partial charge in [0.2, 0.25) is 0 Å². The lowest BCUT2D eigenvalue weighted by Crippen LogP contribution is -2.33. The second kappa shape index (κ2) is 6.52. The van der Waals surface area contributed by atoms with Crippen molar-refractivity contribution < 1.29 is 19.1 Å². The summed E-state index contributed by atoms with van der Waals surface area (Å²) in [5.74, 6) is -0.242. The van der Waals surface area contributed by atoms with Crippen LogP contribution in [0.5, 0.6) is 5.75 Å². The Morgan fingerprint density at radius 1 is 1.24 bits per heavy atom. The van der Waals surface area contributed by atoms with Crippen molar-refractivity contribution in [3.05, 3.63) is 29.8 Å². The molecule has 1 amide bonds. The number of hydrogen-bond donors (Lipinski definition) is 1. The molecule has 0 aliphatic heterocycles. The highest BCUT2D eigenvalue weighted by atomic mass is 16.5. The SMILES string of the molecule is COC(=O)CNC(=O)COc1ccc(C)cc1. The number of carbonyl (C=O) groups excluding carboxylic acids is 2. The van der Waals surface area contributed by atoms with E-state index in [-0.39, 0.29) is 19.1 Å². The van der Waals surface area contributed by atoms with E-state index in [2.05, 4.69) is 10.1 Å². The zero-order chi connectivity index (χ0) is 12.7. The van der Waals surface area contributed by atoms with E-state index in [1.807, 2.05) is 19.1 Å². The van der Waals surface area contributed by atoms with Crippen molar-refractivity contribution in [1.82, 2.24) is 5.32 Å². The first kappa shape index (κ1) is 13.0. The van der Waals surface area contributed by atoms with Gasteiger partial charge in [0, 0.05) is 0 Å². The average molecular weight is 237 g/mol. The Balaban J connectivity index is 2.28. The first-order chi connectivity index (χ1) is 8.11. The highest BCUT2D eigenvalue weighted by Gasteiger charge is 2.05. The fourth-order valence-electron chi connectivity index (χ4n) is 1.08. The number of nitrogens with one attached hydrogen (secondary N) is 1. The summed E-state index contributed by atoms with van der Waals surface area (Å²) in [6, 6.07) is 7.34. The van der Waals surface area contributed by atoms with Gasteiger partial charge < -0.3 is 14.8 Å². The average Bonchev–Trinajstić information content (AvgIpc) is 2.35. The number of hydrogen-bond acceptors (Lipinski definition) is 4. The standard InChI is InChI=1S/C12H15NO4/c1-9-3-5-10(6-4-9)17-8-11(14)13-7-12(15)16-2/h3-6H,7-8H2,1-2H3,(H,13,14). The Morgan fingerprint density at radius 3 is 2.47 bits per heavy atom. The number of aryl methyl sites for hydroxylation is 1. The van der Waals surface area contributed by atoms with Crippen molar-refractivity contribution in [1.29, 1.82) is 0 Å². The van der Waals surface area contributed by atoms with Crippen LogP contribution in [-0.2, 0) is 14.3 Å². The summed E-state index contributed by atoms with van der Waals surface area (Å²) >= 11 is 0. The smallest absolute Gasteiger partial charge is 0.325 e. The second-order valence-electron chi connectivity index (χ2n) is 3.45. The molecule has 0 aliphatic carbocycles. The van der Waals surface area contributed by atoms with Gasteiger partial charge in [-0.05, 0) is 19.1 Å². The lowest BCUT2D eigenvalue weighted by atomic mass is 10.2. The zero-order valence-electron chi connectivity index (χ0n) is 9.86. The molecule has 1 aromatic carbocycles. The third-order valence-electron chi connectivity index (χ3n) is 2.05. The van der Waals surface area contributed by atoms with Crippen LogP contribution in [0.1, 0.15) is 5.56 Å². The van der Waals surface area contributed by atoms with Gasteiger partial charge in [0.1, 0.15) is 12.3 Å². The van der Waals surface area contributed by atoms with Crippen molar-refractivity contribution in [2.45, 2.75) is 6.92 Å². The molecule has 0 aliphatic rings. The molecule has 0 saturated carbocycles. The number of carbonyl (C=O) groups is 2. The Labute approximate surface area is 99.7 Å². The number of rotatable bonds is 5. The maximum atomic E-state index is 11.3. The molecule has 0 spiro atoms. The van der Waals surface area contributed by atoms with Crippen LogP contribution in [0.15, 0.2) is 24.3 Å². The first-order valence-corrected chi connectivity index (χ1v) is 5.15. The predicted octanol–water partition coefficient (Wildman–Crippen LogP) is 0.663. The molecule has 0 saturated heterocycles. The molecule has 0 atom stereocenters. The molecule has 0 bridgehead atoms. The minimum Gasteiger partial charge on any atom is -0.484 e. The van der Waals surface area contributed by atoms with Gasteiger partial charge in [-0.15, -0.1) is 0 Å². The van der Waals surface area contributed by atoms with E-state index in [0.29, 0.717) is 5.75 Å². The molecule has 17 heavy (non-hydrogen) atoms. The molecule has 0 fully saturated rings. The summed E-state index contributed by atoms with van der Waals surface area (Å²) in [6.07, 6.45) is 0. The summed E-state index contributed by atoms with van der Waals surface area (Å²) in [4.78, 5) is 22.0. The summed E-state index contributed by atoms with van der Waals surface area (Å²) in [5, 5.41) is 2.38. The Morgan fingerprint density at radius 2 is 1.88 bits per heavy atom. The maximum Gasteiger partial charge on any atom is 0.325 e. The fraction of sp³-hybridized carbons (Fsp3) is 0.333. The molecule has 0 radical (unpaired) electrons. The molecular weight excluding hydrogens is 222 g/mol. The van der Waals surface area contributed by atoms with Crippen LogP contribution in [0, 0.1) is 6.92 Å². The van der Waals surface area contributed by atoms with Crippen molar-refractivity contribution >= 4 is 11.9 Å². The highest BCUT2D eigenvalue weighted by Crippen LogP contribution is 2.10. The monoisotopic (exact) mass is 237 g/mol. The van der Waals surface area contributed by atoms with Gasteiger partial charge in [-0.2, -0.15) is 0 Å². The van der Waals surface area contributed by atoms with E-state index in [1.54, 1.807) is 12.1 Å². The van der Waals surface area contributed by atoms with E-state index in [4.69, 9.17) is 4.74 Å². The molecule has 0 aromatic heterocycles. The lowest BCUT2D eigenvalue weighted by molar-refractivity contribution is -0.141. The van der Waals surface area contributed by atoms with E-state index < -0.39 is 5.97 Å². The fourth-order valence-corrected chi connectivity index (χ4v) is 1.08. The molecule has 1 N–H and O–H groups in total. The van der Waals surface area contributed by atoms with Crippen LogP contribution >= 0.6 is 0 Å². The van der Waals surface area contributed by atoms with Crippen molar-refractivity contribution in [3.8, 4) is 5.75 Å². The van der Waals surface area contributed by atoms with Crippen LogP contribution in [0.25, 0.3) is 0 Å². The van der Waals surface area contributed by atoms with Gasteiger partial charge >= 0.3 is 5.97 Å². The van der Waals surface area contributed by atoms with E-state index in [9.17, 15) is 9.59 Å². The van der Waals surface area contributed by atoms with Crippen LogP contribution in [0.2, 0.25) is 0 Å². The second-order valence-corrected chi connectivity index (χ2v) is 3.45. The third kappa shape index (κ3) is 5.01. The Kier molecular flexibility index (Phi) is 5.00. The molecule has 0 unspecified atom stereocenters. The minimum atomic E-state index is -0.492. The number of esters is 1.